The van der Waals surface area contributed by atoms with Crippen molar-refractivity contribution in [1.82, 2.24) is 4.57 Å². The number of aromatic nitrogens is 1. The van der Waals surface area contributed by atoms with Crippen LogP contribution in [0.1, 0.15) is 22.8 Å². The topological polar surface area (TPSA) is 54.7 Å². The third kappa shape index (κ3) is 3.11. The van der Waals surface area contributed by atoms with Crippen molar-refractivity contribution in [2.75, 3.05) is 11.6 Å². The van der Waals surface area contributed by atoms with E-state index in [2.05, 4.69) is 4.99 Å². The van der Waals surface area contributed by atoms with Crippen molar-refractivity contribution in [3.63, 3.8) is 0 Å². The summed E-state index contributed by atoms with van der Waals surface area (Å²) in [6.45, 7) is 2.49. The molecular weight excluding hydrogens is 346 g/mol. The second-order valence-electron chi connectivity index (χ2n) is 6.12. The molecule has 0 aliphatic carbocycles. The number of ketones is 1. The number of fused-ring (bicyclic) bond motifs is 1. The number of carbonyl (C=O) groups is 1. The van der Waals surface area contributed by atoms with Crippen LogP contribution in [-0.2, 0) is 6.67 Å². The van der Waals surface area contributed by atoms with E-state index in [0.717, 1.165) is 16.1 Å². The minimum atomic E-state index is -0.0253. The van der Waals surface area contributed by atoms with Gasteiger partial charge >= 0.3 is 0 Å². The minimum Gasteiger partial charge on any atom is -0.334 e. The van der Waals surface area contributed by atoms with E-state index < -0.39 is 0 Å². The first-order valence-electron chi connectivity index (χ1n) is 8.29. The second-order valence-corrected chi connectivity index (χ2v) is 7.13. The number of carbonyl (C=O) groups excluding carboxylic acids is 1. The molecular formula is C20H17N3O2S. The monoisotopic (exact) mass is 363 g/mol. The third-order valence-electron chi connectivity index (χ3n) is 4.31. The van der Waals surface area contributed by atoms with Gasteiger partial charge in [-0.15, -0.1) is 0 Å². The molecule has 2 aromatic carbocycles. The molecule has 0 N–H and O–H groups in total. The molecule has 0 fully saturated rings. The van der Waals surface area contributed by atoms with Gasteiger partial charge in [0.25, 0.3) is 5.56 Å². The van der Waals surface area contributed by atoms with E-state index in [0.29, 0.717) is 23.4 Å². The van der Waals surface area contributed by atoms with E-state index in [9.17, 15) is 9.59 Å². The van der Waals surface area contributed by atoms with Crippen LogP contribution in [0.5, 0.6) is 0 Å². The lowest BCUT2D eigenvalue weighted by Crippen LogP contribution is -2.42. The molecule has 4 rings (SSSR count). The molecule has 0 atom stereocenters. The summed E-state index contributed by atoms with van der Waals surface area (Å²) in [5, 5.41) is 0. The molecule has 0 spiro atoms. The Morgan fingerprint density at radius 1 is 1.12 bits per heavy atom. The maximum absolute atomic E-state index is 12.7. The number of Topliss-reactive ketones (excluding diaryl/α,β-unsaturated/α-hetero) is 1. The van der Waals surface area contributed by atoms with Crippen LogP contribution in [-0.4, -0.2) is 17.0 Å². The zero-order chi connectivity index (χ0) is 18.1. The average molecular weight is 363 g/mol. The van der Waals surface area contributed by atoms with Gasteiger partial charge in [0, 0.05) is 11.3 Å². The van der Waals surface area contributed by atoms with Crippen molar-refractivity contribution in [3.8, 4) is 0 Å². The quantitative estimate of drug-likeness (QED) is 0.669. The van der Waals surface area contributed by atoms with E-state index in [4.69, 9.17) is 0 Å². The van der Waals surface area contributed by atoms with Crippen molar-refractivity contribution in [1.29, 1.82) is 0 Å². The predicted octanol–water partition coefficient (Wildman–Crippen LogP) is 2.00. The summed E-state index contributed by atoms with van der Waals surface area (Å²) in [5.74, 6) is 0.0392. The highest BCUT2D eigenvalue weighted by molar-refractivity contribution is 7.07. The summed E-state index contributed by atoms with van der Waals surface area (Å²) in [5.41, 5.74) is 2.59. The van der Waals surface area contributed by atoms with Crippen LogP contribution < -0.4 is 19.8 Å². The Kier molecular flexibility index (Phi) is 4.26. The normalized spacial score (nSPS) is 14.0. The highest BCUT2D eigenvalue weighted by Gasteiger charge is 2.16. The van der Waals surface area contributed by atoms with Crippen LogP contribution in [0, 0.1) is 0 Å². The Bertz CT molecular complexity index is 1130. The minimum absolute atomic E-state index is 0.0253. The van der Waals surface area contributed by atoms with Crippen LogP contribution in [0.4, 0.5) is 5.69 Å². The lowest BCUT2D eigenvalue weighted by Gasteiger charge is -2.25. The summed E-state index contributed by atoms with van der Waals surface area (Å²) >= 11 is 1.42. The van der Waals surface area contributed by atoms with Gasteiger partial charge in [0.05, 0.1) is 4.53 Å². The van der Waals surface area contributed by atoms with Gasteiger partial charge in [0.1, 0.15) is 13.3 Å². The Hall–Kier alpha value is -2.99. The van der Waals surface area contributed by atoms with E-state index in [-0.39, 0.29) is 11.3 Å². The van der Waals surface area contributed by atoms with Crippen molar-refractivity contribution in [2.24, 2.45) is 4.99 Å². The number of thiazole rings is 1. The summed E-state index contributed by atoms with van der Waals surface area (Å²) < 4.78 is 2.38. The summed E-state index contributed by atoms with van der Waals surface area (Å²) in [6.07, 6.45) is 1.90. The maximum Gasteiger partial charge on any atom is 0.271 e. The fourth-order valence-electron chi connectivity index (χ4n) is 2.88. The van der Waals surface area contributed by atoms with Crippen molar-refractivity contribution < 1.29 is 4.79 Å². The average Bonchev–Trinajstić information content (AvgIpc) is 2.98. The second kappa shape index (κ2) is 6.72. The molecule has 5 nitrogen and oxygen atoms in total. The summed E-state index contributed by atoms with van der Waals surface area (Å²) in [4.78, 5) is 31.5. The lowest BCUT2D eigenvalue weighted by atomic mass is 10.1. The molecule has 1 aromatic heterocycles. The van der Waals surface area contributed by atoms with Crippen LogP contribution in [0.2, 0.25) is 0 Å². The van der Waals surface area contributed by atoms with Crippen LogP contribution in [0.3, 0.4) is 0 Å². The van der Waals surface area contributed by atoms with E-state index >= 15 is 0 Å². The van der Waals surface area contributed by atoms with Crippen molar-refractivity contribution in [2.45, 2.75) is 13.6 Å². The van der Waals surface area contributed by atoms with Crippen molar-refractivity contribution >= 4 is 28.9 Å². The Balaban J connectivity index is 1.66. The Morgan fingerprint density at radius 2 is 1.85 bits per heavy atom. The molecule has 0 bridgehead atoms. The van der Waals surface area contributed by atoms with Gasteiger partial charge in [-0.1, -0.05) is 41.7 Å². The highest BCUT2D eigenvalue weighted by atomic mass is 32.1. The van der Waals surface area contributed by atoms with Crippen LogP contribution >= 0.6 is 11.3 Å². The Morgan fingerprint density at radius 3 is 2.54 bits per heavy atom. The maximum atomic E-state index is 12.7. The Labute approximate surface area is 154 Å². The van der Waals surface area contributed by atoms with Crippen LogP contribution in [0.25, 0.3) is 6.08 Å². The molecule has 0 amide bonds. The molecule has 0 saturated heterocycles. The number of anilines is 1. The lowest BCUT2D eigenvalue weighted by molar-refractivity contribution is 0.101. The number of hydrogen-bond acceptors (Lipinski definition) is 5. The predicted molar refractivity (Wildman–Crippen MR) is 103 cm³/mol. The van der Waals surface area contributed by atoms with Gasteiger partial charge < -0.3 is 4.90 Å². The molecule has 0 unspecified atom stereocenters. The fraction of sp³-hybridized carbons (Fsp3) is 0.150. The molecule has 1 aliphatic rings. The molecule has 1 aliphatic heterocycles. The van der Waals surface area contributed by atoms with Gasteiger partial charge in [-0.25, -0.2) is 4.99 Å². The van der Waals surface area contributed by atoms with Crippen molar-refractivity contribution in [3.05, 3.63) is 85.4 Å². The SMILES string of the molecule is CC(=O)c1ccc(N2CN=c3s/c(=C\c4ccccc4)c(=O)n3C2)cc1. The van der Waals surface area contributed by atoms with Gasteiger partial charge in [0.2, 0.25) is 0 Å². The number of benzene rings is 2. The molecule has 26 heavy (non-hydrogen) atoms. The first-order valence-corrected chi connectivity index (χ1v) is 9.10. The van der Waals surface area contributed by atoms with Gasteiger partial charge in [-0.05, 0) is 42.8 Å². The molecule has 6 heteroatoms. The largest absolute Gasteiger partial charge is 0.334 e. The third-order valence-corrected chi connectivity index (χ3v) is 5.36. The van der Waals surface area contributed by atoms with Gasteiger partial charge in [-0.3, -0.25) is 14.2 Å². The molecule has 3 aromatic rings. The molecule has 2 heterocycles. The highest BCUT2D eigenvalue weighted by Crippen LogP contribution is 2.17. The van der Waals surface area contributed by atoms with E-state index in [1.54, 1.807) is 23.6 Å². The zero-order valence-electron chi connectivity index (χ0n) is 14.3. The van der Waals surface area contributed by atoms with Crippen LogP contribution in [0.15, 0.2) is 64.4 Å². The molecule has 0 saturated carbocycles. The summed E-state index contributed by atoms with van der Waals surface area (Å²) in [6, 6.07) is 17.2. The molecule has 130 valence electrons. The number of nitrogens with zero attached hydrogens (tertiary/aromatic N) is 3. The van der Waals surface area contributed by atoms with Gasteiger partial charge in [-0.2, -0.15) is 0 Å². The first-order chi connectivity index (χ1) is 12.6. The van der Waals surface area contributed by atoms with E-state index in [1.165, 1.54) is 11.3 Å². The first kappa shape index (κ1) is 16.5. The molecule has 0 radical (unpaired) electrons. The van der Waals surface area contributed by atoms with Gasteiger partial charge in [0.15, 0.2) is 10.6 Å². The number of rotatable bonds is 3. The zero-order valence-corrected chi connectivity index (χ0v) is 15.1. The smallest absolute Gasteiger partial charge is 0.271 e. The number of hydrogen-bond donors (Lipinski definition) is 0. The summed E-state index contributed by atoms with van der Waals surface area (Å²) in [7, 11) is 0. The fourth-order valence-corrected chi connectivity index (χ4v) is 3.85. The standard InChI is InChI=1S/C20H17N3O2S/c1-14(24)16-7-9-17(10-8-16)22-12-21-20-23(13-22)19(25)18(26-20)11-15-5-3-2-4-6-15/h2-11H,12-13H2,1H3/b18-11-. The van der Waals surface area contributed by atoms with E-state index in [1.807, 2.05) is 53.4 Å².